The molecule has 0 spiro atoms. The molecule has 5 heteroatoms. The van der Waals surface area contributed by atoms with Crippen LogP contribution < -0.4 is 5.73 Å². The van der Waals surface area contributed by atoms with Gasteiger partial charge in [0, 0.05) is 24.6 Å². The molecule has 0 saturated heterocycles. The number of nitrogens with zero attached hydrogens (tertiary/aromatic N) is 1. The minimum atomic E-state index is -0.726. The third-order valence-corrected chi connectivity index (χ3v) is 1.92. The summed E-state index contributed by atoms with van der Waals surface area (Å²) in [4.78, 5) is 10.1. The number of para-hydroxylation sites is 1. The second kappa shape index (κ2) is 4.69. The van der Waals surface area contributed by atoms with Crippen molar-refractivity contribution in [3.8, 4) is 0 Å². The lowest BCUT2D eigenvalue weighted by Gasteiger charge is -2.07. The maximum atomic E-state index is 10.6. The van der Waals surface area contributed by atoms with Crippen molar-refractivity contribution in [2.45, 2.75) is 12.5 Å². The Morgan fingerprint density at radius 1 is 1.50 bits per heavy atom. The number of hydrogen-bond donors (Lipinski definition) is 2. The monoisotopic (exact) mass is 196 g/mol. The molecule has 0 fully saturated rings. The normalized spacial score (nSPS) is 12.4. The van der Waals surface area contributed by atoms with Crippen LogP contribution in [0.5, 0.6) is 0 Å². The molecule has 76 valence electrons. The average molecular weight is 196 g/mol. The molecule has 14 heavy (non-hydrogen) atoms. The maximum absolute atomic E-state index is 10.6. The van der Waals surface area contributed by atoms with Crippen LogP contribution in [0.15, 0.2) is 24.3 Å². The fraction of sp³-hybridized carbons (Fsp3) is 0.333. The molecule has 1 aromatic carbocycles. The molecule has 0 heterocycles. The van der Waals surface area contributed by atoms with E-state index in [0.717, 1.165) is 0 Å². The molecule has 0 aliphatic rings. The van der Waals surface area contributed by atoms with E-state index < -0.39 is 11.0 Å². The van der Waals surface area contributed by atoms with E-state index in [-0.39, 0.29) is 18.7 Å². The molecule has 0 amide bonds. The first kappa shape index (κ1) is 10.6. The summed E-state index contributed by atoms with van der Waals surface area (Å²) in [5, 5.41) is 19.9. The summed E-state index contributed by atoms with van der Waals surface area (Å²) >= 11 is 0. The highest BCUT2D eigenvalue weighted by Crippen LogP contribution is 2.18. The molecule has 1 rings (SSSR count). The van der Waals surface area contributed by atoms with E-state index in [1.807, 2.05) is 0 Å². The van der Waals surface area contributed by atoms with Gasteiger partial charge in [0.05, 0.1) is 11.0 Å². The standard InChI is InChI=1S/C9H12N2O3/c10-6-8(12)5-7-3-1-2-4-9(7)11(13)14/h1-4,8,12H,5-6,10H2. The lowest BCUT2D eigenvalue weighted by atomic mass is 10.1. The first-order valence-corrected chi connectivity index (χ1v) is 4.25. The van der Waals surface area contributed by atoms with Crippen molar-refractivity contribution in [2.75, 3.05) is 6.54 Å². The summed E-state index contributed by atoms with van der Waals surface area (Å²) < 4.78 is 0. The van der Waals surface area contributed by atoms with Crippen LogP contribution in [0.2, 0.25) is 0 Å². The highest BCUT2D eigenvalue weighted by molar-refractivity contribution is 5.40. The van der Waals surface area contributed by atoms with Crippen molar-refractivity contribution in [1.29, 1.82) is 0 Å². The van der Waals surface area contributed by atoms with Crippen LogP contribution in [0.4, 0.5) is 5.69 Å². The minimum absolute atomic E-state index is 0.0278. The van der Waals surface area contributed by atoms with Crippen LogP contribution >= 0.6 is 0 Å². The molecule has 0 aliphatic carbocycles. The fourth-order valence-electron chi connectivity index (χ4n) is 1.20. The number of nitro benzene ring substituents is 1. The molecule has 5 nitrogen and oxygen atoms in total. The van der Waals surface area contributed by atoms with Gasteiger partial charge in [-0.25, -0.2) is 0 Å². The first-order chi connectivity index (χ1) is 6.65. The zero-order chi connectivity index (χ0) is 10.6. The summed E-state index contributed by atoms with van der Waals surface area (Å²) in [6, 6.07) is 6.33. The van der Waals surface area contributed by atoms with Gasteiger partial charge in [0.1, 0.15) is 0 Å². The van der Waals surface area contributed by atoms with Crippen LogP contribution in [0.3, 0.4) is 0 Å². The number of benzene rings is 1. The van der Waals surface area contributed by atoms with E-state index >= 15 is 0 Å². The smallest absolute Gasteiger partial charge is 0.272 e. The number of nitro groups is 1. The van der Waals surface area contributed by atoms with E-state index in [1.165, 1.54) is 6.07 Å². The largest absolute Gasteiger partial charge is 0.391 e. The van der Waals surface area contributed by atoms with E-state index in [9.17, 15) is 15.2 Å². The van der Waals surface area contributed by atoms with Gasteiger partial charge >= 0.3 is 0 Å². The molecule has 0 saturated carbocycles. The molecule has 3 N–H and O–H groups in total. The van der Waals surface area contributed by atoms with E-state index in [4.69, 9.17) is 5.73 Å². The van der Waals surface area contributed by atoms with Crippen molar-refractivity contribution in [2.24, 2.45) is 5.73 Å². The van der Waals surface area contributed by atoms with Crippen molar-refractivity contribution in [3.05, 3.63) is 39.9 Å². The molecular formula is C9H12N2O3. The first-order valence-electron chi connectivity index (χ1n) is 4.25. The molecule has 0 aliphatic heterocycles. The topological polar surface area (TPSA) is 89.4 Å². The van der Waals surface area contributed by atoms with E-state index in [0.29, 0.717) is 5.56 Å². The third-order valence-electron chi connectivity index (χ3n) is 1.92. The molecule has 0 aromatic heterocycles. The number of hydrogen-bond acceptors (Lipinski definition) is 4. The van der Waals surface area contributed by atoms with Gasteiger partial charge in [0.25, 0.3) is 5.69 Å². The fourth-order valence-corrected chi connectivity index (χ4v) is 1.20. The Balaban J connectivity index is 2.90. The van der Waals surface area contributed by atoms with E-state index in [2.05, 4.69) is 0 Å². The summed E-state index contributed by atoms with van der Waals surface area (Å²) in [5.41, 5.74) is 5.76. The Labute approximate surface area is 81.3 Å². The summed E-state index contributed by atoms with van der Waals surface area (Å²) in [7, 11) is 0. The van der Waals surface area contributed by atoms with Crippen LogP contribution in [0.1, 0.15) is 5.56 Å². The summed E-state index contributed by atoms with van der Waals surface area (Å²) in [5.74, 6) is 0. The van der Waals surface area contributed by atoms with Crippen LogP contribution in [0, 0.1) is 10.1 Å². The zero-order valence-electron chi connectivity index (χ0n) is 7.59. The van der Waals surface area contributed by atoms with Crippen LogP contribution in [-0.2, 0) is 6.42 Å². The van der Waals surface area contributed by atoms with Gasteiger partial charge in [-0.05, 0) is 0 Å². The number of aliphatic hydroxyl groups is 1. The molecule has 1 aromatic rings. The van der Waals surface area contributed by atoms with Gasteiger partial charge in [-0.2, -0.15) is 0 Å². The Morgan fingerprint density at radius 3 is 2.71 bits per heavy atom. The SMILES string of the molecule is NCC(O)Cc1ccccc1[N+](=O)[O-]. The van der Waals surface area contributed by atoms with Gasteiger partial charge in [0.2, 0.25) is 0 Å². The van der Waals surface area contributed by atoms with E-state index in [1.54, 1.807) is 18.2 Å². The van der Waals surface area contributed by atoms with Gasteiger partial charge in [0.15, 0.2) is 0 Å². The van der Waals surface area contributed by atoms with Gasteiger partial charge in [-0.15, -0.1) is 0 Å². The molecule has 1 unspecified atom stereocenters. The second-order valence-electron chi connectivity index (χ2n) is 2.98. The van der Waals surface area contributed by atoms with Crippen LogP contribution in [0.25, 0.3) is 0 Å². The number of aliphatic hydroxyl groups excluding tert-OH is 1. The van der Waals surface area contributed by atoms with Gasteiger partial charge < -0.3 is 10.8 Å². The Morgan fingerprint density at radius 2 is 2.14 bits per heavy atom. The predicted octanol–water partition coefficient (Wildman–Crippen LogP) is 0.457. The molecular weight excluding hydrogens is 184 g/mol. The number of nitrogens with two attached hydrogens (primary N) is 1. The van der Waals surface area contributed by atoms with Crippen molar-refractivity contribution >= 4 is 5.69 Å². The van der Waals surface area contributed by atoms with Gasteiger partial charge in [-0.1, -0.05) is 18.2 Å². The lowest BCUT2D eigenvalue weighted by molar-refractivity contribution is -0.385. The third kappa shape index (κ3) is 2.51. The van der Waals surface area contributed by atoms with Crippen LogP contribution in [-0.4, -0.2) is 22.7 Å². The summed E-state index contributed by atoms with van der Waals surface area (Å²) in [6.45, 7) is 0.103. The van der Waals surface area contributed by atoms with Crippen molar-refractivity contribution in [1.82, 2.24) is 0 Å². The molecule has 1 atom stereocenters. The second-order valence-corrected chi connectivity index (χ2v) is 2.98. The highest BCUT2D eigenvalue weighted by atomic mass is 16.6. The Bertz CT molecular complexity index is 328. The lowest BCUT2D eigenvalue weighted by Crippen LogP contribution is -2.22. The average Bonchev–Trinajstić information content (AvgIpc) is 2.18. The van der Waals surface area contributed by atoms with Gasteiger partial charge in [-0.3, -0.25) is 10.1 Å². The predicted molar refractivity (Wildman–Crippen MR) is 51.9 cm³/mol. The Kier molecular flexibility index (Phi) is 3.55. The minimum Gasteiger partial charge on any atom is -0.391 e. The highest BCUT2D eigenvalue weighted by Gasteiger charge is 2.14. The quantitative estimate of drug-likeness (QED) is 0.540. The number of rotatable bonds is 4. The zero-order valence-corrected chi connectivity index (χ0v) is 7.59. The molecule has 0 radical (unpaired) electrons. The molecule has 0 bridgehead atoms. The maximum Gasteiger partial charge on any atom is 0.272 e. The van der Waals surface area contributed by atoms with Crippen molar-refractivity contribution < 1.29 is 10.0 Å². The van der Waals surface area contributed by atoms with Crippen molar-refractivity contribution in [3.63, 3.8) is 0 Å². The summed E-state index contributed by atoms with van der Waals surface area (Å²) in [6.07, 6.45) is -0.510. The Hall–Kier alpha value is -1.46.